The van der Waals surface area contributed by atoms with Gasteiger partial charge in [-0.25, -0.2) is 4.79 Å². The number of rotatable bonds is 17. The van der Waals surface area contributed by atoms with E-state index in [2.05, 4.69) is 16.0 Å². The van der Waals surface area contributed by atoms with Gasteiger partial charge in [0.2, 0.25) is 29.5 Å². The number of carboxylic acid groups (broad SMARTS) is 1. The lowest BCUT2D eigenvalue weighted by atomic mass is 10.0. The smallest absolute Gasteiger partial charge is 0.326 e. The molecule has 13 nitrogen and oxygen atoms in total. The molecule has 0 radical (unpaired) electrons. The molecule has 194 valence electrons. The molecule has 0 fully saturated rings. The number of nitrogens with one attached hydrogen (secondary N) is 3. The third kappa shape index (κ3) is 13.0. The van der Waals surface area contributed by atoms with Gasteiger partial charge in [-0.3, -0.25) is 24.0 Å². The fourth-order valence-electron chi connectivity index (χ4n) is 2.90. The number of hydrogen-bond donors (Lipinski definition) is 7. The van der Waals surface area contributed by atoms with E-state index in [0.29, 0.717) is 12.2 Å². The standard InChI is InChI=1S/C20H36N6O7S/c1-10(2)8-11(21)17(29)24-13(6-7-34-3)19(31)25-12(4-5-15(22)27)18(30)26-14(20(32)33)9-16(23)28/h10-14H,4-9,21H2,1-3H3,(H2,22,27)(H2,23,28)(H,24,29)(H,25,31)(H,26,30)(H,32,33). The summed E-state index contributed by atoms with van der Waals surface area (Å²) in [7, 11) is 0. The highest BCUT2D eigenvalue weighted by Gasteiger charge is 2.31. The molecule has 5 amide bonds. The van der Waals surface area contributed by atoms with Crippen LogP contribution in [0.15, 0.2) is 0 Å². The fraction of sp³-hybridized carbons (Fsp3) is 0.700. The molecule has 0 rings (SSSR count). The van der Waals surface area contributed by atoms with Crippen LogP contribution in [0.3, 0.4) is 0 Å². The summed E-state index contributed by atoms with van der Waals surface area (Å²) in [4.78, 5) is 71.7. The van der Waals surface area contributed by atoms with Crippen molar-refractivity contribution in [2.24, 2.45) is 23.1 Å². The van der Waals surface area contributed by atoms with E-state index in [4.69, 9.17) is 17.2 Å². The molecule has 10 N–H and O–H groups in total. The molecule has 4 atom stereocenters. The van der Waals surface area contributed by atoms with Crippen molar-refractivity contribution in [1.82, 2.24) is 16.0 Å². The molecule has 0 saturated carbocycles. The Labute approximate surface area is 202 Å². The van der Waals surface area contributed by atoms with Crippen LogP contribution in [0.25, 0.3) is 0 Å². The molecule has 0 aliphatic heterocycles. The second-order valence-corrected chi connectivity index (χ2v) is 9.20. The molecule has 0 aliphatic carbocycles. The van der Waals surface area contributed by atoms with Crippen LogP contribution in [0, 0.1) is 5.92 Å². The van der Waals surface area contributed by atoms with E-state index in [1.165, 1.54) is 11.8 Å². The third-order valence-corrected chi connectivity index (χ3v) is 5.28. The predicted octanol–water partition coefficient (Wildman–Crippen LogP) is -2.21. The Bertz CT molecular complexity index is 749. The number of carbonyl (C=O) groups excluding carboxylic acids is 5. The molecule has 0 aromatic carbocycles. The Kier molecular flexibility index (Phi) is 14.5. The minimum Gasteiger partial charge on any atom is -0.480 e. The van der Waals surface area contributed by atoms with E-state index in [-0.39, 0.29) is 25.2 Å². The average molecular weight is 505 g/mol. The second kappa shape index (κ2) is 15.9. The first-order chi connectivity index (χ1) is 15.8. The summed E-state index contributed by atoms with van der Waals surface area (Å²) in [6, 6.07) is -4.83. The quantitative estimate of drug-likeness (QED) is 0.113. The maximum Gasteiger partial charge on any atom is 0.326 e. The van der Waals surface area contributed by atoms with Crippen LogP contribution >= 0.6 is 11.8 Å². The van der Waals surface area contributed by atoms with Crippen LogP contribution in [0.1, 0.15) is 46.0 Å². The van der Waals surface area contributed by atoms with Crippen molar-refractivity contribution >= 4 is 47.3 Å². The van der Waals surface area contributed by atoms with Crippen LogP contribution in [0.2, 0.25) is 0 Å². The number of primary amides is 2. The van der Waals surface area contributed by atoms with Gasteiger partial charge in [-0.2, -0.15) is 11.8 Å². The maximum absolute atomic E-state index is 12.9. The number of hydrogen-bond acceptors (Lipinski definition) is 8. The van der Waals surface area contributed by atoms with Gasteiger partial charge in [0, 0.05) is 6.42 Å². The van der Waals surface area contributed by atoms with Gasteiger partial charge in [0.1, 0.15) is 18.1 Å². The van der Waals surface area contributed by atoms with Gasteiger partial charge < -0.3 is 38.3 Å². The first-order valence-corrected chi connectivity index (χ1v) is 12.1. The van der Waals surface area contributed by atoms with Crippen LogP contribution in [-0.2, 0) is 28.8 Å². The number of carboxylic acids is 1. The van der Waals surface area contributed by atoms with Gasteiger partial charge in [-0.1, -0.05) is 13.8 Å². The Morgan fingerprint density at radius 3 is 1.76 bits per heavy atom. The van der Waals surface area contributed by atoms with E-state index in [1.807, 2.05) is 20.1 Å². The van der Waals surface area contributed by atoms with E-state index >= 15 is 0 Å². The molecule has 4 unspecified atom stereocenters. The van der Waals surface area contributed by atoms with Crippen LogP contribution in [0.4, 0.5) is 0 Å². The summed E-state index contributed by atoms with van der Waals surface area (Å²) in [5.41, 5.74) is 16.0. The monoisotopic (exact) mass is 504 g/mol. The van der Waals surface area contributed by atoms with Gasteiger partial charge in [-0.05, 0) is 37.2 Å². The van der Waals surface area contributed by atoms with Crippen molar-refractivity contribution in [3.63, 3.8) is 0 Å². The molecule has 0 bridgehead atoms. The molecule has 34 heavy (non-hydrogen) atoms. The molecule has 0 spiro atoms. The van der Waals surface area contributed by atoms with Gasteiger partial charge in [0.25, 0.3) is 0 Å². The van der Waals surface area contributed by atoms with Gasteiger partial charge in [0.15, 0.2) is 0 Å². The van der Waals surface area contributed by atoms with E-state index < -0.39 is 66.1 Å². The Hall–Kier alpha value is -2.87. The Morgan fingerprint density at radius 1 is 0.824 bits per heavy atom. The lowest BCUT2D eigenvalue weighted by Gasteiger charge is -2.25. The fourth-order valence-corrected chi connectivity index (χ4v) is 3.37. The topological polar surface area (TPSA) is 237 Å². The number of nitrogens with two attached hydrogens (primary N) is 3. The van der Waals surface area contributed by atoms with Crippen molar-refractivity contribution in [2.45, 2.75) is 70.1 Å². The summed E-state index contributed by atoms with van der Waals surface area (Å²) in [5.74, 6) is -4.73. The number of carbonyl (C=O) groups is 6. The predicted molar refractivity (Wildman–Crippen MR) is 126 cm³/mol. The molecule has 0 aromatic heterocycles. The van der Waals surface area contributed by atoms with E-state index in [1.54, 1.807) is 0 Å². The minimum absolute atomic E-state index is 0.156. The number of amides is 5. The summed E-state index contributed by atoms with van der Waals surface area (Å²) in [5, 5.41) is 16.3. The summed E-state index contributed by atoms with van der Waals surface area (Å²) >= 11 is 1.44. The van der Waals surface area contributed by atoms with Crippen LogP contribution < -0.4 is 33.2 Å². The van der Waals surface area contributed by atoms with Gasteiger partial charge in [0.05, 0.1) is 12.5 Å². The molecular formula is C20H36N6O7S. The Morgan fingerprint density at radius 2 is 1.32 bits per heavy atom. The van der Waals surface area contributed by atoms with Crippen molar-refractivity contribution in [3.05, 3.63) is 0 Å². The highest BCUT2D eigenvalue weighted by molar-refractivity contribution is 7.98. The zero-order valence-corrected chi connectivity index (χ0v) is 20.5. The normalized spacial score (nSPS) is 14.4. The SMILES string of the molecule is CSCCC(NC(=O)C(N)CC(C)C)C(=O)NC(CCC(N)=O)C(=O)NC(CC(N)=O)C(=O)O. The molecule has 14 heteroatoms. The van der Waals surface area contributed by atoms with Crippen molar-refractivity contribution in [1.29, 1.82) is 0 Å². The van der Waals surface area contributed by atoms with Crippen molar-refractivity contribution < 1.29 is 33.9 Å². The summed E-state index contributed by atoms with van der Waals surface area (Å²) in [6.45, 7) is 3.80. The molecule has 0 heterocycles. The minimum atomic E-state index is -1.63. The van der Waals surface area contributed by atoms with E-state index in [0.717, 1.165) is 0 Å². The van der Waals surface area contributed by atoms with E-state index in [9.17, 15) is 33.9 Å². The number of thioether (sulfide) groups is 1. The van der Waals surface area contributed by atoms with Crippen LogP contribution in [0.5, 0.6) is 0 Å². The second-order valence-electron chi connectivity index (χ2n) is 8.21. The molecule has 0 aliphatic rings. The average Bonchev–Trinajstić information content (AvgIpc) is 2.71. The zero-order valence-electron chi connectivity index (χ0n) is 19.7. The van der Waals surface area contributed by atoms with Crippen molar-refractivity contribution in [3.8, 4) is 0 Å². The summed E-state index contributed by atoms with van der Waals surface area (Å²) in [6.07, 6.45) is 1.27. The molecule has 0 saturated heterocycles. The highest BCUT2D eigenvalue weighted by atomic mass is 32.2. The molecular weight excluding hydrogens is 468 g/mol. The highest BCUT2D eigenvalue weighted by Crippen LogP contribution is 2.07. The summed E-state index contributed by atoms with van der Waals surface area (Å²) < 4.78 is 0. The Balaban J connectivity index is 5.54. The maximum atomic E-state index is 12.9. The zero-order chi connectivity index (χ0) is 26.4. The first-order valence-electron chi connectivity index (χ1n) is 10.7. The number of aliphatic carboxylic acids is 1. The lowest BCUT2D eigenvalue weighted by Crippen LogP contribution is -2.57. The van der Waals surface area contributed by atoms with Gasteiger partial charge >= 0.3 is 5.97 Å². The molecule has 0 aromatic rings. The van der Waals surface area contributed by atoms with Crippen molar-refractivity contribution in [2.75, 3.05) is 12.0 Å². The van der Waals surface area contributed by atoms with Gasteiger partial charge in [-0.15, -0.1) is 0 Å². The first kappa shape index (κ1) is 31.1. The van der Waals surface area contributed by atoms with Crippen LogP contribution in [-0.4, -0.2) is 76.8 Å². The third-order valence-electron chi connectivity index (χ3n) is 4.64. The largest absolute Gasteiger partial charge is 0.480 e. The lowest BCUT2D eigenvalue weighted by molar-refractivity contribution is -0.144.